The third-order valence-corrected chi connectivity index (χ3v) is 10.4. The molecule has 0 aliphatic rings. The van der Waals surface area contributed by atoms with Gasteiger partial charge in [0.2, 0.25) is 8.32 Å². The van der Waals surface area contributed by atoms with E-state index in [9.17, 15) is 0 Å². The molecule has 0 saturated heterocycles. The largest absolute Gasteiger partial charge is 0.544 e. The maximum Gasteiger partial charge on any atom is 0.250 e. The normalized spacial score (nSPS) is 12.2. The van der Waals surface area contributed by atoms with Crippen LogP contribution in [0.25, 0.3) is 16.9 Å². The lowest BCUT2D eigenvalue weighted by molar-refractivity contribution is 0.492. The van der Waals surface area contributed by atoms with Crippen LogP contribution in [0, 0.1) is 0 Å². The Morgan fingerprint density at radius 1 is 0.935 bits per heavy atom. The summed E-state index contributed by atoms with van der Waals surface area (Å²) in [6.45, 7) is 12.0. The molecule has 0 radical (unpaired) electrons. The second-order valence-electron chi connectivity index (χ2n) is 9.36. The molecule has 5 nitrogen and oxygen atoms in total. The fraction of sp³-hybridized carbons (Fsp3) is 0.280. The van der Waals surface area contributed by atoms with Gasteiger partial charge in [0.15, 0.2) is 5.65 Å². The van der Waals surface area contributed by atoms with Crippen LogP contribution in [0.4, 0.5) is 5.82 Å². The molecule has 2 aromatic heterocycles. The van der Waals surface area contributed by atoms with Gasteiger partial charge >= 0.3 is 0 Å². The molecule has 4 rings (SSSR count). The zero-order chi connectivity index (χ0) is 22.1. The molecule has 0 amide bonds. The summed E-state index contributed by atoms with van der Waals surface area (Å²) >= 11 is 0. The van der Waals surface area contributed by atoms with Gasteiger partial charge in [-0.15, -0.1) is 5.10 Å². The van der Waals surface area contributed by atoms with E-state index in [0.717, 1.165) is 35.0 Å². The van der Waals surface area contributed by atoms with Crippen molar-refractivity contribution in [2.24, 2.45) is 0 Å². The second-order valence-corrected chi connectivity index (χ2v) is 14.1. The van der Waals surface area contributed by atoms with Gasteiger partial charge in [0.05, 0.1) is 11.9 Å². The van der Waals surface area contributed by atoms with Gasteiger partial charge in [-0.25, -0.2) is 9.50 Å². The molecule has 1 N–H and O–H groups in total. The first-order valence-electron chi connectivity index (χ1n) is 10.6. The monoisotopic (exact) mass is 430 g/mol. The predicted octanol–water partition coefficient (Wildman–Crippen LogP) is 6.39. The molecular weight excluding hydrogens is 400 g/mol. The van der Waals surface area contributed by atoms with Crippen LogP contribution in [0.5, 0.6) is 5.75 Å². The zero-order valence-electron chi connectivity index (χ0n) is 18.9. The highest BCUT2D eigenvalue weighted by atomic mass is 28.4. The summed E-state index contributed by atoms with van der Waals surface area (Å²) in [5.74, 6) is 1.73. The van der Waals surface area contributed by atoms with Crippen LogP contribution in [0.3, 0.4) is 0 Å². The van der Waals surface area contributed by atoms with E-state index in [2.05, 4.69) is 68.4 Å². The molecule has 2 aromatic carbocycles. The highest BCUT2D eigenvalue weighted by Crippen LogP contribution is 2.37. The van der Waals surface area contributed by atoms with Crippen LogP contribution in [0.15, 0.2) is 72.9 Å². The summed E-state index contributed by atoms with van der Waals surface area (Å²) < 4.78 is 8.30. The van der Waals surface area contributed by atoms with Crippen molar-refractivity contribution in [2.75, 3.05) is 5.32 Å². The van der Waals surface area contributed by atoms with Crippen molar-refractivity contribution in [2.45, 2.75) is 45.4 Å². The molecule has 31 heavy (non-hydrogen) atoms. The summed E-state index contributed by atoms with van der Waals surface area (Å²) in [6, 6.07) is 22.5. The fourth-order valence-electron chi connectivity index (χ4n) is 3.09. The topological polar surface area (TPSA) is 51.5 Å². The van der Waals surface area contributed by atoms with E-state index in [-0.39, 0.29) is 5.04 Å². The molecule has 0 spiro atoms. The number of nitrogens with zero attached hydrogens (tertiary/aromatic N) is 3. The van der Waals surface area contributed by atoms with E-state index < -0.39 is 8.32 Å². The maximum absolute atomic E-state index is 6.41. The molecule has 0 saturated carbocycles. The first-order valence-corrected chi connectivity index (χ1v) is 13.6. The number of nitrogens with one attached hydrogen (secondary N) is 1. The highest BCUT2D eigenvalue weighted by Gasteiger charge is 2.38. The number of anilines is 1. The average molecular weight is 431 g/mol. The third-order valence-electron chi connectivity index (χ3n) is 6.01. The number of hydrogen-bond donors (Lipinski definition) is 1. The average Bonchev–Trinajstić information content (AvgIpc) is 3.16. The van der Waals surface area contributed by atoms with Gasteiger partial charge in [0.25, 0.3) is 0 Å². The van der Waals surface area contributed by atoms with Crippen molar-refractivity contribution >= 4 is 19.8 Å². The molecule has 0 unspecified atom stereocenters. The minimum atomic E-state index is -1.86. The van der Waals surface area contributed by atoms with E-state index in [0.29, 0.717) is 0 Å². The maximum atomic E-state index is 6.41. The van der Waals surface area contributed by atoms with E-state index in [1.54, 1.807) is 0 Å². The number of imidazole rings is 1. The molecule has 6 heteroatoms. The summed E-state index contributed by atoms with van der Waals surface area (Å²) in [5, 5.41) is 8.32. The number of rotatable bonds is 6. The van der Waals surface area contributed by atoms with Gasteiger partial charge in [-0.05, 0) is 60.1 Å². The van der Waals surface area contributed by atoms with Gasteiger partial charge in [0.1, 0.15) is 11.6 Å². The second kappa shape index (κ2) is 8.19. The predicted molar refractivity (Wildman–Crippen MR) is 130 cm³/mol. The van der Waals surface area contributed by atoms with E-state index in [4.69, 9.17) is 9.52 Å². The van der Waals surface area contributed by atoms with Crippen LogP contribution in [-0.2, 0) is 6.54 Å². The number of fused-ring (bicyclic) bond motifs is 1. The molecule has 0 bridgehead atoms. The molecule has 0 fully saturated rings. The summed E-state index contributed by atoms with van der Waals surface area (Å²) in [7, 11) is -1.86. The SMILES string of the molecule is CC(C)(C)[Si](C)(C)Oc1ccc(-c2cnc3ccc(NCc4ccccc4)nn23)cc1. The zero-order valence-corrected chi connectivity index (χ0v) is 19.9. The lowest BCUT2D eigenvalue weighted by Crippen LogP contribution is -2.43. The van der Waals surface area contributed by atoms with Gasteiger partial charge < -0.3 is 9.74 Å². The highest BCUT2D eigenvalue weighted by molar-refractivity contribution is 6.74. The van der Waals surface area contributed by atoms with Crippen molar-refractivity contribution < 1.29 is 4.43 Å². The van der Waals surface area contributed by atoms with E-state index >= 15 is 0 Å². The van der Waals surface area contributed by atoms with Gasteiger partial charge in [-0.2, -0.15) is 0 Å². The smallest absolute Gasteiger partial charge is 0.250 e. The molecular formula is C25H30N4OSi. The van der Waals surface area contributed by atoms with Gasteiger partial charge in [-0.3, -0.25) is 0 Å². The van der Waals surface area contributed by atoms with Crippen molar-refractivity contribution in [3.8, 4) is 17.0 Å². The summed E-state index contributed by atoms with van der Waals surface area (Å²) in [4.78, 5) is 4.52. The van der Waals surface area contributed by atoms with Crippen molar-refractivity contribution in [1.29, 1.82) is 0 Å². The Kier molecular flexibility index (Phi) is 5.58. The lowest BCUT2D eigenvalue weighted by Gasteiger charge is -2.36. The fourth-order valence-corrected chi connectivity index (χ4v) is 4.13. The Bertz CT molecular complexity index is 1160. The lowest BCUT2D eigenvalue weighted by atomic mass is 10.2. The van der Waals surface area contributed by atoms with Crippen molar-refractivity contribution in [3.05, 3.63) is 78.5 Å². The van der Waals surface area contributed by atoms with Gasteiger partial charge in [0, 0.05) is 12.1 Å². The minimum Gasteiger partial charge on any atom is -0.544 e. The van der Waals surface area contributed by atoms with Gasteiger partial charge in [-0.1, -0.05) is 51.1 Å². The van der Waals surface area contributed by atoms with Crippen LogP contribution in [-0.4, -0.2) is 22.9 Å². The quantitative estimate of drug-likeness (QED) is 0.360. The first kappa shape index (κ1) is 21.1. The Labute approximate surface area is 185 Å². The first-order chi connectivity index (χ1) is 14.7. The third kappa shape index (κ3) is 4.64. The van der Waals surface area contributed by atoms with Crippen LogP contribution >= 0.6 is 0 Å². The Morgan fingerprint density at radius 3 is 2.32 bits per heavy atom. The van der Waals surface area contributed by atoms with E-state index in [1.165, 1.54) is 5.56 Å². The van der Waals surface area contributed by atoms with Crippen LogP contribution in [0.1, 0.15) is 26.3 Å². The molecule has 0 atom stereocenters. The van der Waals surface area contributed by atoms with Crippen LogP contribution < -0.4 is 9.74 Å². The number of aromatic nitrogens is 3. The van der Waals surface area contributed by atoms with Crippen molar-refractivity contribution in [3.63, 3.8) is 0 Å². The summed E-state index contributed by atoms with van der Waals surface area (Å²) in [6.07, 6.45) is 1.87. The molecule has 4 aromatic rings. The minimum absolute atomic E-state index is 0.167. The number of hydrogen-bond acceptors (Lipinski definition) is 4. The molecule has 2 heterocycles. The van der Waals surface area contributed by atoms with Crippen LogP contribution in [0.2, 0.25) is 18.1 Å². The molecule has 0 aliphatic carbocycles. The number of benzene rings is 2. The Balaban J connectivity index is 1.55. The summed E-state index contributed by atoms with van der Waals surface area (Å²) in [5.41, 5.74) is 4.05. The molecule has 0 aliphatic heterocycles. The Hall–Kier alpha value is -3.12. The molecule has 160 valence electrons. The Morgan fingerprint density at radius 2 is 1.65 bits per heavy atom. The van der Waals surface area contributed by atoms with E-state index in [1.807, 2.05) is 53.2 Å². The van der Waals surface area contributed by atoms with Crippen molar-refractivity contribution in [1.82, 2.24) is 14.6 Å². The standard InChI is InChI=1S/C25H30N4OSi/c1-25(2,3)31(4,5)30-21-13-11-20(12-14-21)22-18-27-24-16-15-23(28-29(22)24)26-17-19-9-7-6-8-10-19/h6-16,18H,17H2,1-5H3,(H,26,28).